The number of hydrogen-bond donors (Lipinski definition) is 0. The van der Waals surface area contributed by atoms with Crippen molar-refractivity contribution in [2.24, 2.45) is 0 Å². The van der Waals surface area contributed by atoms with Gasteiger partial charge in [-0.3, -0.25) is 9.59 Å². The van der Waals surface area contributed by atoms with Crippen LogP contribution >= 0.6 is 0 Å². The molecule has 0 saturated carbocycles. The van der Waals surface area contributed by atoms with Crippen LogP contribution in [0, 0.1) is 0 Å². The van der Waals surface area contributed by atoms with E-state index in [2.05, 4.69) is 86.0 Å². The topological polar surface area (TPSA) is 59.1 Å². The molecule has 0 aromatic heterocycles. The lowest BCUT2D eigenvalue weighted by Gasteiger charge is -2.22. The van der Waals surface area contributed by atoms with Crippen LogP contribution in [0.4, 0.5) is 0 Å². The van der Waals surface area contributed by atoms with Gasteiger partial charge in [0.1, 0.15) is 13.2 Å². The van der Waals surface area contributed by atoms with E-state index < -0.39 is 0 Å². The highest BCUT2D eigenvalue weighted by Gasteiger charge is 2.11. The SMILES string of the molecule is CCCCCCCN(CCCCCCC)CCCC(=O)COCc1cccc(-c2cccc(COCC(=O)CCCN(CCCCCCC)CCCCCCC)c2)c1. The number of nitrogens with zero attached hydrogens (tertiary/aromatic N) is 2. The number of carbonyl (C=O) groups excluding carboxylic acids is 2. The van der Waals surface area contributed by atoms with Crippen LogP contribution < -0.4 is 0 Å². The number of hydrogen-bond acceptors (Lipinski definition) is 6. The van der Waals surface area contributed by atoms with Crippen LogP contribution in [0.5, 0.6) is 0 Å². The van der Waals surface area contributed by atoms with Gasteiger partial charge in [-0.1, -0.05) is 167 Å². The molecule has 2 rings (SSSR count). The predicted octanol–water partition coefficient (Wildman–Crippen LogP) is 13.6. The molecule has 6 heteroatoms. The highest BCUT2D eigenvalue weighted by atomic mass is 16.5. The maximum Gasteiger partial charge on any atom is 0.158 e. The van der Waals surface area contributed by atoms with Gasteiger partial charge in [-0.25, -0.2) is 0 Å². The van der Waals surface area contributed by atoms with E-state index in [4.69, 9.17) is 9.47 Å². The average Bonchev–Trinajstić information content (AvgIpc) is 3.23. The maximum atomic E-state index is 12.8. The van der Waals surface area contributed by atoms with E-state index in [9.17, 15) is 9.59 Å². The fourth-order valence-corrected chi connectivity index (χ4v) is 7.82. The smallest absolute Gasteiger partial charge is 0.158 e. The molecule has 2 aromatic rings. The molecule has 0 unspecified atom stereocenters. The standard InChI is InChI=1S/C52H88N2O4/c1-5-9-13-17-21-35-53(36-22-18-14-10-6-2)39-27-33-51(55)45-57-43-47-29-25-31-49(41-47)50-32-26-30-48(42-50)44-58-46-52(56)34-28-40-54(37-23-19-15-11-7-3)38-24-20-16-12-8-4/h25-26,29-32,41-42H,5-24,27-28,33-40,43-46H2,1-4H3. The van der Waals surface area contributed by atoms with Crippen molar-refractivity contribution in [1.82, 2.24) is 9.80 Å². The quantitative estimate of drug-likeness (QED) is 0.0624. The van der Waals surface area contributed by atoms with E-state index in [1.54, 1.807) is 0 Å². The first-order chi connectivity index (χ1) is 28.5. The molecule has 0 N–H and O–H groups in total. The molecular weight excluding hydrogens is 717 g/mol. The number of ether oxygens (including phenoxy) is 2. The molecule has 0 aliphatic carbocycles. The lowest BCUT2D eigenvalue weighted by atomic mass is 10.0. The van der Waals surface area contributed by atoms with Gasteiger partial charge in [0, 0.05) is 12.8 Å². The predicted molar refractivity (Wildman–Crippen MR) is 248 cm³/mol. The summed E-state index contributed by atoms with van der Waals surface area (Å²) in [6.45, 7) is 16.9. The van der Waals surface area contributed by atoms with Gasteiger partial charge in [0.25, 0.3) is 0 Å². The van der Waals surface area contributed by atoms with E-state index in [1.807, 2.05) is 0 Å². The average molecular weight is 805 g/mol. The van der Waals surface area contributed by atoms with Gasteiger partial charge in [0.15, 0.2) is 11.6 Å². The molecule has 0 aliphatic heterocycles. The summed E-state index contributed by atoms with van der Waals surface area (Å²) in [6, 6.07) is 16.7. The number of ketones is 2. The summed E-state index contributed by atoms with van der Waals surface area (Å²) in [6.07, 6.45) is 29.1. The van der Waals surface area contributed by atoms with Crippen LogP contribution in [0.2, 0.25) is 0 Å². The van der Waals surface area contributed by atoms with Crippen molar-refractivity contribution in [3.63, 3.8) is 0 Å². The largest absolute Gasteiger partial charge is 0.369 e. The Kier molecular flexibility index (Phi) is 32.5. The molecule has 0 fully saturated rings. The molecule has 0 bridgehead atoms. The second-order valence-electron chi connectivity index (χ2n) is 17.0. The molecular formula is C52H88N2O4. The molecule has 2 aromatic carbocycles. The van der Waals surface area contributed by atoms with E-state index >= 15 is 0 Å². The fraction of sp³-hybridized carbons (Fsp3) is 0.731. The zero-order valence-electron chi connectivity index (χ0n) is 38.2. The van der Waals surface area contributed by atoms with Crippen molar-refractivity contribution < 1.29 is 19.1 Å². The summed E-state index contributed by atoms with van der Waals surface area (Å²) in [5, 5.41) is 0. The zero-order chi connectivity index (χ0) is 41.7. The minimum Gasteiger partial charge on any atom is -0.369 e. The zero-order valence-corrected chi connectivity index (χ0v) is 38.2. The highest BCUT2D eigenvalue weighted by Crippen LogP contribution is 2.23. The van der Waals surface area contributed by atoms with Gasteiger partial charge < -0.3 is 19.3 Å². The number of benzene rings is 2. The molecule has 0 radical (unpaired) electrons. The first-order valence-electron chi connectivity index (χ1n) is 24.3. The molecule has 6 nitrogen and oxygen atoms in total. The molecule has 0 aliphatic rings. The second-order valence-corrected chi connectivity index (χ2v) is 17.0. The summed E-state index contributed by atoms with van der Waals surface area (Å²) in [7, 11) is 0. The fourth-order valence-electron chi connectivity index (χ4n) is 7.82. The van der Waals surface area contributed by atoms with E-state index in [0.29, 0.717) is 26.1 Å². The maximum absolute atomic E-state index is 12.8. The molecule has 0 heterocycles. The lowest BCUT2D eigenvalue weighted by molar-refractivity contribution is -0.124. The Balaban J connectivity index is 1.73. The Bertz CT molecular complexity index is 1160. The van der Waals surface area contributed by atoms with Gasteiger partial charge in [-0.2, -0.15) is 0 Å². The van der Waals surface area contributed by atoms with E-state index in [0.717, 1.165) is 74.4 Å². The van der Waals surface area contributed by atoms with Crippen LogP contribution in [0.3, 0.4) is 0 Å². The van der Waals surface area contributed by atoms with E-state index in [-0.39, 0.29) is 24.8 Å². The Hall–Kier alpha value is -2.38. The van der Waals surface area contributed by atoms with E-state index in [1.165, 1.54) is 128 Å². The van der Waals surface area contributed by atoms with Crippen LogP contribution in [-0.2, 0) is 32.3 Å². The number of carbonyl (C=O) groups is 2. The Morgan fingerprint density at radius 3 is 1.05 bits per heavy atom. The third-order valence-electron chi connectivity index (χ3n) is 11.4. The Morgan fingerprint density at radius 2 is 0.724 bits per heavy atom. The highest BCUT2D eigenvalue weighted by molar-refractivity contribution is 5.80. The van der Waals surface area contributed by atoms with Gasteiger partial charge in [0.05, 0.1) is 13.2 Å². The molecule has 330 valence electrons. The summed E-state index contributed by atoms with van der Waals surface area (Å²) in [4.78, 5) is 30.7. The first kappa shape index (κ1) is 51.8. The molecule has 0 saturated heterocycles. The molecule has 0 spiro atoms. The van der Waals surface area contributed by atoms with Crippen LogP contribution in [-0.4, -0.2) is 73.8 Å². The minimum absolute atomic E-state index is 0.167. The van der Waals surface area contributed by atoms with Gasteiger partial charge >= 0.3 is 0 Å². The molecule has 0 atom stereocenters. The summed E-state index contributed by atoms with van der Waals surface area (Å²) in [5.74, 6) is 0.382. The summed E-state index contributed by atoms with van der Waals surface area (Å²) >= 11 is 0. The number of Topliss-reactive ketones (excluding diaryl/α,β-unsaturated/α-hetero) is 2. The number of unbranched alkanes of at least 4 members (excludes halogenated alkanes) is 16. The molecule has 58 heavy (non-hydrogen) atoms. The monoisotopic (exact) mass is 805 g/mol. The van der Waals surface area contributed by atoms with Crippen LogP contribution in [0.25, 0.3) is 11.1 Å². The van der Waals surface area contributed by atoms with Gasteiger partial charge in [-0.15, -0.1) is 0 Å². The summed E-state index contributed by atoms with van der Waals surface area (Å²) in [5.41, 5.74) is 4.33. The van der Waals surface area contributed by atoms with Gasteiger partial charge in [-0.05, 0) is 112 Å². The van der Waals surface area contributed by atoms with Crippen molar-refractivity contribution in [2.75, 3.05) is 52.5 Å². The van der Waals surface area contributed by atoms with Crippen molar-refractivity contribution in [3.8, 4) is 11.1 Å². The lowest BCUT2D eigenvalue weighted by Crippen LogP contribution is -2.28. The first-order valence-corrected chi connectivity index (χ1v) is 24.3. The molecule has 0 amide bonds. The van der Waals surface area contributed by atoms with Crippen molar-refractivity contribution in [1.29, 1.82) is 0 Å². The van der Waals surface area contributed by atoms with Crippen molar-refractivity contribution in [2.45, 2.75) is 195 Å². The normalized spacial score (nSPS) is 11.6. The Labute approximate surface area is 357 Å². The van der Waals surface area contributed by atoms with Crippen molar-refractivity contribution in [3.05, 3.63) is 59.7 Å². The Morgan fingerprint density at radius 1 is 0.414 bits per heavy atom. The van der Waals surface area contributed by atoms with Crippen LogP contribution in [0.15, 0.2) is 48.5 Å². The minimum atomic E-state index is 0.167. The number of rotatable bonds is 41. The van der Waals surface area contributed by atoms with Gasteiger partial charge in [0.2, 0.25) is 0 Å². The van der Waals surface area contributed by atoms with Crippen molar-refractivity contribution >= 4 is 11.6 Å². The van der Waals surface area contributed by atoms with Crippen LogP contribution in [0.1, 0.15) is 193 Å². The third-order valence-corrected chi connectivity index (χ3v) is 11.4. The third kappa shape index (κ3) is 27.4. The second kappa shape index (κ2) is 36.5. The summed E-state index contributed by atoms with van der Waals surface area (Å²) < 4.78 is 11.8.